The molecule has 2 nitrogen and oxygen atoms in total. The summed E-state index contributed by atoms with van der Waals surface area (Å²) < 4.78 is 0. The van der Waals surface area contributed by atoms with Crippen LogP contribution in [-0.2, 0) is 0 Å². The Hall–Kier alpha value is -7.75. The molecule has 4 aliphatic heterocycles. The van der Waals surface area contributed by atoms with Crippen molar-refractivity contribution in [3.05, 3.63) is 224 Å². The van der Waals surface area contributed by atoms with E-state index in [1.807, 2.05) is 12.2 Å². The Balaban J connectivity index is 1.18. The molecule has 0 unspecified atom stereocenters. The van der Waals surface area contributed by atoms with Crippen LogP contribution in [0.4, 0.5) is 34.1 Å². The van der Waals surface area contributed by atoms with Gasteiger partial charge in [-0.3, -0.25) is 0 Å². The molecule has 13 rings (SSSR count). The van der Waals surface area contributed by atoms with Gasteiger partial charge in [-0.25, -0.2) is 0 Å². The van der Waals surface area contributed by atoms with Crippen molar-refractivity contribution in [2.45, 2.75) is 0 Å². The van der Waals surface area contributed by atoms with E-state index in [1.165, 1.54) is 106 Å². The van der Waals surface area contributed by atoms with Gasteiger partial charge < -0.3 is 9.80 Å². The molecule has 0 fully saturated rings. The van der Waals surface area contributed by atoms with Crippen molar-refractivity contribution in [1.82, 2.24) is 0 Å². The molecule has 0 radical (unpaired) electrons. The molecule has 0 atom stereocenters. The van der Waals surface area contributed by atoms with Crippen molar-refractivity contribution in [2.75, 3.05) is 9.80 Å². The van der Waals surface area contributed by atoms with Crippen molar-refractivity contribution in [1.29, 1.82) is 0 Å². The van der Waals surface area contributed by atoms with E-state index in [2.05, 4.69) is 223 Å². The maximum Gasteiger partial charge on any atom is 0.252 e. The average Bonchev–Trinajstić information content (AvgIpc) is 3.35. The topological polar surface area (TPSA) is 6.48 Å². The number of hydrogen-bond acceptors (Lipinski definition) is 2. The lowest BCUT2D eigenvalue weighted by Gasteiger charge is -2.50. The van der Waals surface area contributed by atoms with Crippen LogP contribution in [0.5, 0.6) is 0 Å². The van der Waals surface area contributed by atoms with E-state index in [4.69, 9.17) is 0 Å². The molecule has 0 aliphatic carbocycles. The first-order chi connectivity index (χ1) is 31.2. The summed E-state index contributed by atoms with van der Waals surface area (Å²) in [6.45, 7) is 8.22. The van der Waals surface area contributed by atoms with Crippen molar-refractivity contribution >= 4 is 116 Å². The van der Waals surface area contributed by atoms with E-state index in [0.717, 1.165) is 11.1 Å². The zero-order valence-corrected chi connectivity index (χ0v) is 34.7. The second-order valence-corrected chi connectivity index (χ2v) is 17.3. The maximum atomic E-state index is 4.06. The lowest BCUT2D eigenvalue weighted by molar-refractivity contribution is 1.26. The minimum absolute atomic E-state index is 0.0286. The third-order valence-electron chi connectivity index (χ3n) is 14.1. The molecule has 9 aromatic rings. The molecule has 4 aliphatic rings. The Labute approximate surface area is 370 Å². The first-order valence-electron chi connectivity index (χ1n) is 22.0. The number of anilines is 6. The van der Waals surface area contributed by atoms with Crippen LogP contribution in [0.3, 0.4) is 0 Å². The third kappa shape index (κ3) is 5.23. The van der Waals surface area contributed by atoms with Crippen LogP contribution in [0.1, 0.15) is 11.1 Å². The van der Waals surface area contributed by atoms with Crippen LogP contribution in [0, 0.1) is 0 Å². The predicted octanol–water partition coefficient (Wildman–Crippen LogP) is 8.05. The molecule has 290 valence electrons. The van der Waals surface area contributed by atoms with Gasteiger partial charge in [-0.1, -0.05) is 212 Å². The first-order valence-corrected chi connectivity index (χ1v) is 22.0. The highest BCUT2D eigenvalue weighted by Crippen LogP contribution is 2.47. The quantitative estimate of drug-likeness (QED) is 0.157. The molecule has 0 saturated heterocycles. The second kappa shape index (κ2) is 13.9. The Morgan fingerprint density at radius 2 is 0.714 bits per heavy atom. The number of para-hydroxylation sites is 3. The van der Waals surface area contributed by atoms with E-state index in [0.29, 0.717) is 0 Å². The highest BCUT2D eigenvalue weighted by Gasteiger charge is 2.50. The van der Waals surface area contributed by atoms with Crippen LogP contribution in [0.2, 0.25) is 0 Å². The number of rotatable bonds is 6. The van der Waals surface area contributed by atoms with Crippen LogP contribution in [-0.4, -0.2) is 20.1 Å². The van der Waals surface area contributed by atoms with E-state index in [9.17, 15) is 0 Å². The zero-order valence-electron chi connectivity index (χ0n) is 34.7. The van der Waals surface area contributed by atoms with Crippen LogP contribution < -0.4 is 59.0 Å². The SMILES string of the molecule is C=Cc1ccc(-c2cc3c4c(c2)B2c5cccc6c5N(c5ccccc5B6c5ccccc5)c5cc(-c6ccc(C=C)cc6)cc(c52)N4c2ccccc2B3c2ccccc2)cc1. The molecule has 0 saturated carbocycles. The summed E-state index contributed by atoms with van der Waals surface area (Å²) in [7, 11) is 0. The van der Waals surface area contributed by atoms with Crippen molar-refractivity contribution in [2.24, 2.45) is 0 Å². The van der Waals surface area contributed by atoms with Crippen LogP contribution in [0.25, 0.3) is 34.4 Å². The minimum Gasteiger partial charge on any atom is -0.312 e. The summed E-state index contributed by atoms with van der Waals surface area (Å²) in [6.07, 6.45) is 3.85. The standard InChI is InChI=1S/C58H39B3N2/c1-3-38-26-30-40(31-27-38)42-34-50-58-51(35-42)61-49-23-15-22-48-57(49)62(52-24-13-11-20-46(52)59(48)44-16-7-5-8-17-44)54-36-43(41-32-28-39(4-2)29-33-41)37-55(56(54)61)63(58)53-25-14-12-21-47(53)60(50)45-18-9-6-10-19-45/h3-37H,1-2H2. The van der Waals surface area contributed by atoms with E-state index < -0.39 is 0 Å². The van der Waals surface area contributed by atoms with Gasteiger partial charge in [-0.2, -0.15) is 0 Å². The first kappa shape index (κ1) is 36.0. The molecule has 4 heterocycles. The molecule has 63 heavy (non-hydrogen) atoms. The second-order valence-electron chi connectivity index (χ2n) is 17.3. The van der Waals surface area contributed by atoms with Gasteiger partial charge in [-0.05, 0) is 95.9 Å². The molecule has 9 aromatic carbocycles. The normalized spacial score (nSPS) is 13.4. The van der Waals surface area contributed by atoms with Gasteiger partial charge in [0.05, 0.1) is 0 Å². The molecule has 0 N–H and O–H groups in total. The maximum absolute atomic E-state index is 4.06. The molecule has 0 bridgehead atoms. The summed E-state index contributed by atoms with van der Waals surface area (Å²) in [5, 5.41) is 0. The molecular formula is C58H39B3N2. The molecule has 0 aromatic heterocycles. The number of hydrogen-bond donors (Lipinski definition) is 0. The van der Waals surface area contributed by atoms with Crippen LogP contribution in [0.15, 0.2) is 213 Å². The summed E-state index contributed by atoms with van der Waals surface area (Å²) in [5.41, 5.74) is 26.4. The summed E-state index contributed by atoms with van der Waals surface area (Å²) in [4.78, 5) is 5.24. The molecule has 5 heteroatoms. The van der Waals surface area contributed by atoms with E-state index in [1.54, 1.807) is 0 Å². The van der Waals surface area contributed by atoms with Gasteiger partial charge >= 0.3 is 0 Å². The average molecular weight is 796 g/mol. The number of nitrogens with zero attached hydrogens (tertiary/aromatic N) is 2. The van der Waals surface area contributed by atoms with Gasteiger partial charge in [0.2, 0.25) is 13.4 Å². The smallest absolute Gasteiger partial charge is 0.252 e. The largest absolute Gasteiger partial charge is 0.312 e. The van der Waals surface area contributed by atoms with Crippen molar-refractivity contribution in [3.63, 3.8) is 0 Å². The summed E-state index contributed by atoms with van der Waals surface area (Å²) in [5.74, 6) is 0. The van der Waals surface area contributed by atoms with E-state index in [-0.39, 0.29) is 20.1 Å². The van der Waals surface area contributed by atoms with Gasteiger partial charge in [0, 0.05) is 34.1 Å². The summed E-state index contributed by atoms with van der Waals surface area (Å²) >= 11 is 0. The fourth-order valence-electron chi connectivity index (χ4n) is 11.4. The molecule has 0 amide bonds. The fourth-order valence-corrected chi connectivity index (χ4v) is 11.4. The molecule has 0 spiro atoms. The lowest BCUT2D eigenvalue weighted by Crippen LogP contribution is -2.69. The van der Waals surface area contributed by atoms with Gasteiger partial charge in [-0.15, -0.1) is 0 Å². The summed E-state index contributed by atoms with van der Waals surface area (Å²) in [6, 6.07) is 75.3. The van der Waals surface area contributed by atoms with Gasteiger partial charge in [0.1, 0.15) is 0 Å². The van der Waals surface area contributed by atoms with Crippen LogP contribution >= 0.6 is 0 Å². The van der Waals surface area contributed by atoms with Gasteiger partial charge in [0.25, 0.3) is 6.71 Å². The monoisotopic (exact) mass is 796 g/mol. The Kier molecular flexibility index (Phi) is 7.93. The lowest BCUT2D eigenvalue weighted by atomic mass is 9.28. The Bertz CT molecular complexity index is 3330. The predicted molar refractivity (Wildman–Crippen MR) is 274 cm³/mol. The van der Waals surface area contributed by atoms with Crippen molar-refractivity contribution < 1.29 is 0 Å². The number of fused-ring (bicyclic) bond motifs is 8. The van der Waals surface area contributed by atoms with Crippen molar-refractivity contribution in [3.8, 4) is 22.3 Å². The zero-order chi connectivity index (χ0) is 41.8. The highest BCUT2D eigenvalue weighted by atomic mass is 15.2. The third-order valence-corrected chi connectivity index (χ3v) is 14.1. The Morgan fingerprint density at radius 1 is 0.317 bits per heavy atom. The minimum atomic E-state index is -0.0286. The highest BCUT2D eigenvalue weighted by molar-refractivity contribution is 7.05. The Morgan fingerprint density at radius 3 is 1.22 bits per heavy atom. The number of benzene rings is 9. The van der Waals surface area contributed by atoms with Gasteiger partial charge in [0.15, 0.2) is 0 Å². The fraction of sp³-hybridized carbons (Fsp3) is 0. The molecular weight excluding hydrogens is 757 g/mol. The van der Waals surface area contributed by atoms with E-state index >= 15 is 0 Å².